The van der Waals surface area contributed by atoms with Crippen LogP contribution in [-0.4, -0.2) is 70.9 Å². The summed E-state index contributed by atoms with van der Waals surface area (Å²) in [5, 5.41) is 0.726. The zero-order valence-electron chi connectivity index (χ0n) is 17.5. The lowest BCUT2D eigenvalue weighted by atomic mass is 10.2. The summed E-state index contributed by atoms with van der Waals surface area (Å²) in [4.78, 5) is 39.4. The second kappa shape index (κ2) is 10.4. The van der Waals surface area contributed by atoms with Gasteiger partial charge in [0.15, 0.2) is 0 Å². The van der Waals surface area contributed by atoms with Gasteiger partial charge in [0.2, 0.25) is 5.91 Å². The van der Waals surface area contributed by atoms with E-state index in [-0.39, 0.29) is 11.8 Å². The molecule has 2 aromatic rings. The Morgan fingerprint density at radius 3 is 2.50 bits per heavy atom. The van der Waals surface area contributed by atoms with Gasteiger partial charge in [-0.1, -0.05) is 37.6 Å². The normalized spacial score (nSPS) is 14.1. The van der Waals surface area contributed by atoms with Crippen LogP contribution in [0.25, 0.3) is 0 Å². The number of para-hydroxylation sites is 1. The fraction of sp³-hybridized carbons (Fsp3) is 0.455. The summed E-state index contributed by atoms with van der Waals surface area (Å²) < 4.78 is 0. The highest BCUT2D eigenvalue weighted by molar-refractivity contribution is 6.33. The lowest BCUT2D eigenvalue weighted by Gasteiger charge is -2.37. The molecule has 1 aromatic heterocycles. The predicted molar refractivity (Wildman–Crippen MR) is 118 cm³/mol. The Kier molecular flexibility index (Phi) is 7.63. The van der Waals surface area contributed by atoms with E-state index in [1.54, 1.807) is 4.90 Å². The molecule has 2 amide bonds. The number of piperazine rings is 1. The molecule has 1 aliphatic rings. The smallest absolute Gasteiger partial charge is 0.274 e. The zero-order chi connectivity index (χ0) is 21.5. The Morgan fingerprint density at radius 1 is 1.13 bits per heavy atom. The molecule has 0 bridgehead atoms. The van der Waals surface area contributed by atoms with E-state index >= 15 is 0 Å². The molecule has 7 nitrogen and oxygen atoms in total. The maximum absolute atomic E-state index is 12.8. The lowest BCUT2D eigenvalue weighted by molar-refractivity contribution is -0.131. The van der Waals surface area contributed by atoms with Crippen molar-refractivity contribution in [2.45, 2.75) is 20.3 Å². The number of nitrogens with zero attached hydrogens (tertiary/aromatic N) is 5. The van der Waals surface area contributed by atoms with Crippen molar-refractivity contribution in [2.24, 2.45) is 5.92 Å². The van der Waals surface area contributed by atoms with Crippen LogP contribution in [-0.2, 0) is 4.79 Å². The van der Waals surface area contributed by atoms with Crippen LogP contribution in [0.4, 0.5) is 5.69 Å². The topological polar surface area (TPSA) is 69.6 Å². The quantitative estimate of drug-likeness (QED) is 0.676. The highest BCUT2D eigenvalue weighted by atomic mass is 35.5. The van der Waals surface area contributed by atoms with E-state index < -0.39 is 0 Å². The summed E-state index contributed by atoms with van der Waals surface area (Å²) in [5.41, 5.74) is 1.31. The van der Waals surface area contributed by atoms with Gasteiger partial charge in [-0.3, -0.25) is 14.6 Å². The molecule has 0 aliphatic carbocycles. The number of anilines is 1. The van der Waals surface area contributed by atoms with Gasteiger partial charge in [0.1, 0.15) is 5.69 Å². The molecule has 0 atom stereocenters. The Labute approximate surface area is 182 Å². The highest BCUT2D eigenvalue weighted by Gasteiger charge is 2.24. The minimum absolute atomic E-state index is 0.0644. The second-order valence-corrected chi connectivity index (χ2v) is 8.21. The van der Waals surface area contributed by atoms with E-state index in [2.05, 4.69) is 14.9 Å². The molecule has 1 aromatic carbocycles. The van der Waals surface area contributed by atoms with Gasteiger partial charge in [-0.25, -0.2) is 4.98 Å². The summed E-state index contributed by atoms with van der Waals surface area (Å²) >= 11 is 6.29. The van der Waals surface area contributed by atoms with E-state index in [0.717, 1.165) is 23.8 Å². The van der Waals surface area contributed by atoms with Crippen molar-refractivity contribution in [3.8, 4) is 0 Å². The number of rotatable bonds is 7. The standard InChI is InChI=1S/C22H28ClN5O2/c1-17(2)16-28(22(30)19-15-24-8-9-25-19)10-7-21(29)27-13-11-26(12-14-27)20-6-4-3-5-18(20)23/h3-6,8-9,15,17H,7,10-14,16H2,1-2H3. The summed E-state index contributed by atoms with van der Waals surface area (Å²) in [5.74, 6) is 0.169. The molecule has 0 radical (unpaired) electrons. The van der Waals surface area contributed by atoms with Crippen LogP contribution in [0.5, 0.6) is 0 Å². The van der Waals surface area contributed by atoms with E-state index in [4.69, 9.17) is 11.6 Å². The Morgan fingerprint density at radius 2 is 1.87 bits per heavy atom. The molecule has 160 valence electrons. The SMILES string of the molecule is CC(C)CN(CCC(=O)N1CCN(c2ccccc2Cl)CC1)C(=O)c1cnccn1. The third-order valence-corrected chi connectivity index (χ3v) is 5.40. The van der Waals surface area contributed by atoms with Crippen molar-refractivity contribution < 1.29 is 9.59 Å². The summed E-state index contributed by atoms with van der Waals surface area (Å²) in [7, 11) is 0. The third-order valence-electron chi connectivity index (χ3n) is 5.08. The Bertz CT molecular complexity index is 854. The summed E-state index contributed by atoms with van der Waals surface area (Å²) in [6, 6.07) is 7.76. The molecule has 1 fully saturated rings. The van der Waals surface area contributed by atoms with Gasteiger partial charge in [0.25, 0.3) is 5.91 Å². The van der Waals surface area contributed by atoms with Crippen molar-refractivity contribution in [1.29, 1.82) is 0 Å². The van der Waals surface area contributed by atoms with Crippen molar-refractivity contribution in [3.63, 3.8) is 0 Å². The van der Waals surface area contributed by atoms with Crippen molar-refractivity contribution >= 4 is 29.1 Å². The van der Waals surface area contributed by atoms with Crippen LogP contribution in [0.15, 0.2) is 42.9 Å². The fourth-order valence-corrected chi connectivity index (χ4v) is 3.84. The molecule has 1 aliphatic heterocycles. The number of hydrogen-bond donors (Lipinski definition) is 0. The largest absolute Gasteiger partial charge is 0.367 e. The maximum atomic E-state index is 12.8. The second-order valence-electron chi connectivity index (χ2n) is 7.80. The number of halogens is 1. The minimum atomic E-state index is -0.187. The molecule has 8 heteroatoms. The molecule has 3 rings (SSSR count). The number of amides is 2. The van der Waals surface area contributed by atoms with Crippen molar-refractivity contribution in [1.82, 2.24) is 19.8 Å². The molecule has 0 spiro atoms. The lowest BCUT2D eigenvalue weighted by Crippen LogP contribution is -2.49. The predicted octanol–water partition coefficient (Wildman–Crippen LogP) is 2.97. The van der Waals surface area contributed by atoms with Crippen LogP contribution in [0.2, 0.25) is 5.02 Å². The van der Waals surface area contributed by atoms with Crippen LogP contribution in [0, 0.1) is 5.92 Å². The number of hydrogen-bond acceptors (Lipinski definition) is 5. The van der Waals surface area contributed by atoms with Crippen LogP contribution in [0.1, 0.15) is 30.8 Å². The molecule has 0 saturated carbocycles. The monoisotopic (exact) mass is 429 g/mol. The van der Waals surface area contributed by atoms with Crippen molar-refractivity contribution in [2.75, 3.05) is 44.2 Å². The first-order chi connectivity index (χ1) is 14.5. The molecule has 30 heavy (non-hydrogen) atoms. The van der Waals surface area contributed by atoms with Gasteiger partial charge >= 0.3 is 0 Å². The van der Waals surface area contributed by atoms with Gasteiger partial charge in [0.05, 0.1) is 16.9 Å². The van der Waals surface area contributed by atoms with Crippen LogP contribution in [0.3, 0.4) is 0 Å². The zero-order valence-corrected chi connectivity index (χ0v) is 18.3. The summed E-state index contributed by atoms with van der Waals surface area (Å²) in [6.45, 7) is 7.81. The van der Waals surface area contributed by atoms with E-state index in [9.17, 15) is 9.59 Å². The molecule has 1 saturated heterocycles. The number of carbonyl (C=O) groups is 2. The first-order valence-electron chi connectivity index (χ1n) is 10.3. The third kappa shape index (κ3) is 5.69. The molecule has 0 unspecified atom stereocenters. The van der Waals surface area contributed by atoms with E-state index in [1.807, 2.05) is 43.0 Å². The average Bonchev–Trinajstić information content (AvgIpc) is 2.77. The Balaban J connectivity index is 1.54. The number of benzene rings is 1. The maximum Gasteiger partial charge on any atom is 0.274 e. The number of carbonyl (C=O) groups excluding carboxylic acids is 2. The Hall–Kier alpha value is -2.67. The molecular formula is C22H28ClN5O2. The molecule has 2 heterocycles. The van der Waals surface area contributed by atoms with Gasteiger partial charge < -0.3 is 14.7 Å². The van der Waals surface area contributed by atoms with Gasteiger partial charge in [-0.05, 0) is 18.1 Å². The van der Waals surface area contributed by atoms with Gasteiger partial charge in [0, 0.05) is 58.1 Å². The van der Waals surface area contributed by atoms with Crippen LogP contribution < -0.4 is 4.90 Å². The van der Waals surface area contributed by atoms with E-state index in [0.29, 0.717) is 44.2 Å². The van der Waals surface area contributed by atoms with Crippen LogP contribution >= 0.6 is 11.6 Å². The average molecular weight is 430 g/mol. The first-order valence-corrected chi connectivity index (χ1v) is 10.7. The molecular weight excluding hydrogens is 402 g/mol. The molecule has 0 N–H and O–H groups in total. The number of aromatic nitrogens is 2. The van der Waals surface area contributed by atoms with Gasteiger partial charge in [-0.15, -0.1) is 0 Å². The summed E-state index contributed by atoms with van der Waals surface area (Å²) in [6.07, 6.45) is 4.80. The first kappa shape index (κ1) is 22.0. The highest BCUT2D eigenvalue weighted by Crippen LogP contribution is 2.26. The fourth-order valence-electron chi connectivity index (χ4n) is 3.58. The van der Waals surface area contributed by atoms with Crippen molar-refractivity contribution in [3.05, 3.63) is 53.6 Å². The minimum Gasteiger partial charge on any atom is -0.367 e. The van der Waals surface area contributed by atoms with Gasteiger partial charge in [-0.2, -0.15) is 0 Å². The van der Waals surface area contributed by atoms with E-state index in [1.165, 1.54) is 18.6 Å².